The van der Waals surface area contributed by atoms with Crippen LogP contribution in [-0.2, 0) is 0 Å². The molecule has 0 radical (unpaired) electrons. The van der Waals surface area contributed by atoms with E-state index in [0.29, 0.717) is 34.4 Å². The number of fused-ring (bicyclic) bond motifs is 1. The predicted molar refractivity (Wildman–Crippen MR) is 88.7 cm³/mol. The Kier molecular flexibility index (Phi) is 3.77. The van der Waals surface area contributed by atoms with Crippen molar-refractivity contribution in [3.05, 3.63) is 36.4 Å². The van der Waals surface area contributed by atoms with Gasteiger partial charge in [0.2, 0.25) is 12.6 Å². The van der Waals surface area contributed by atoms with E-state index in [4.69, 9.17) is 23.5 Å². The van der Waals surface area contributed by atoms with Crippen molar-refractivity contribution in [1.29, 1.82) is 0 Å². The zero-order valence-electron chi connectivity index (χ0n) is 13.6. The molecule has 1 aliphatic rings. The van der Waals surface area contributed by atoms with Crippen molar-refractivity contribution < 1.29 is 23.5 Å². The molecule has 0 saturated heterocycles. The molecule has 0 unspecified atom stereocenters. The maximum Gasteiger partial charge on any atom is 0.326 e. The van der Waals surface area contributed by atoms with Crippen LogP contribution in [0.5, 0.6) is 23.0 Å². The highest BCUT2D eigenvalue weighted by Gasteiger charge is 2.17. The summed E-state index contributed by atoms with van der Waals surface area (Å²) in [6.07, 6.45) is 0. The molecule has 3 aromatic rings. The van der Waals surface area contributed by atoms with E-state index >= 15 is 0 Å². The third-order valence-corrected chi connectivity index (χ3v) is 3.70. The Morgan fingerprint density at radius 2 is 1.88 bits per heavy atom. The van der Waals surface area contributed by atoms with E-state index in [1.54, 1.807) is 38.5 Å². The van der Waals surface area contributed by atoms with E-state index in [2.05, 4.69) is 15.5 Å². The van der Waals surface area contributed by atoms with E-state index in [-0.39, 0.29) is 12.8 Å². The van der Waals surface area contributed by atoms with Crippen molar-refractivity contribution in [2.24, 2.45) is 0 Å². The molecule has 8 heteroatoms. The van der Waals surface area contributed by atoms with Gasteiger partial charge in [0.05, 0.1) is 19.8 Å². The molecule has 4 rings (SSSR count). The highest BCUT2D eigenvalue weighted by molar-refractivity contribution is 5.67. The van der Waals surface area contributed by atoms with E-state index in [1.165, 1.54) is 0 Å². The van der Waals surface area contributed by atoms with Gasteiger partial charge in [0.1, 0.15) is 11.5 Å². The van der Waals surface area contributed by atoms with E-state index in [9.17, 15) is 0 Å². The van der Waals surface area contributed by atoms with Gasteiger partial charge >= 0.3 is 6.01 Å². The Morgan fingerprint density at radius 1 is 1.00 bits per heavy atom. The number of nitrogens with one attached hydrogen (secondary N) is 1. The standard InChI is InChI=1S/C17H15N3O5/c1-21-11-4-6-13(22-2)12(8-11)16-19-17(25-20-16)18-10-3-5-14-15(7-10)24-9-23-14/h3-8H,9H2,1-2H3,(H,18,19,20). The number of nitrogens with zero attached hydrogens (tertiary/aromatic N) is 2. The predicted octanol–water partition coefficient (Wildman–Crippen LogP) is 3.23. The number of hydrogen-bond donors (Lipinski definition) is 1. The Morgan fingerprint density at radius 3 is 2.72 bits per heavy atom. The molecule has 0 fully saturated rings. The summed E-state index contributed by atoms with van der Waals surface area (Å²) >= 11 is 0. The first-order chi connectivity index (χ1) is 12.3. The van der Waals surface area contributed by atoms with Gasteiger partial charge < -0.3 is 28.8 Å². The van der Waals surface area contributed by atoms with Gasteiger partial charge in [-0.15, -0.1) is 0 Å². The first kappa shape index (κ1) is 15.1. The van der Waals surface area contributed by atoms with Crippen LogP contribution in [0, 0.1) is 0 Å². The zero-order chi connectivity index (χ0) is 17.2. The quantitative estimate of drug-likeness (QED) is 0.757. The van der Waals surface area contributed by atoms with Crippen molar-refractivity contribution >= 4 is 11.7 Å². The molecule has 2 aromatic carbocycles. The molecule has 0 amide bonds. The number of anilines is 2. The molecule has 1 aliphatic heterocycles. The van der Waals surface area contributed by atoms with Crippen molar-refractivity contribution in [2.75, 3.05) is 26.3 Å². The van der Waals surface area contributed by atoms with Crippen LogP contribution >= 0.6 is 0 Å². The molecule has 0 saturated carbocycles. The monoisotopic (exact) mass is 341 g/mol. The lowest BCUT2D eigenvalue weighted by Crippen LogP contribution is -1.93. The molecule has 8 nitrogen and oxygen atoms in total. The first-order valence-electron chi connectivity index (χ1n) is 7.49. The van der Waals surface area contributed by atoms with Gasteiger partial charge in [-0.3, -0.25) is 0 Å². The fourth-order valence-corrected chi connectivity index (χ4v) is 2.47. The van der Waals surface area contributed by atoms with Gasteiger partial charge in [0.25, 0.3) is 0 Å². The van der Waals surface area contributed by atoms with Gasteiger partial charge in [-0.25, -0.2) is 0 Å². The number of ether oxygens (including phenoxy) is 4. The maximum atomic E-state index is 5.35. The van der Waals surface area contributed by atoms with E-state index in [0.717, 1.165) is 5.69 Å². The summed E-state index contributed by atoms with van der Waals surface area (Å²) in [5.74, 6) is 3.05. The molecule has 2 heterocycles. The topological polar surface area (TPSA) is 87.9 Å². The summed E-state index contributed by atoms with van der Waals surface area (Å²) in [6.45, 7) is 0.221. The van der Waals surface area contributed by atoms with Crippen LogP contribution in [0.3, 0.4) is 0 Å². The fourth-order valence-electron chi connectivity index (χ4n) is 2.47. The van der Waals surface area contributed by atoms with Crippen LogP contribution in [0.1, 0.15) is 0 Å². The minimum atomic E-state index is 0.221. The van der Waals surface area contributed by atoms with Gasteiger partial charge in [-0.2, -0.15) is 4.98 Å². The summed E-state index contributed by atoms with van der Waals surface area (Å²) in [6, 6.07) is 11.1. The number of rotatable bonds is 5. The second-order valence-electron chi connectivity index (χ2n) is 5.18. The lowest BCUT2D eigenvalue weighted by Gasteiger charge is -2.07. The zero-order valence-corrected chi connectivity index (χ0v) is 13.6. The normalized spacial score (nSPS) is 12.1. The highest BCUT2D eigenvalue weighted by atomic mass is 16.7. The molecule has 1 N–H and O–H groups in total. The van der Waals surface area contributed by atoms with E-state index < -0.39 is 0 Å². The molecule has 0 spiro atoms. The van der Waals surface area contributed by atoms with Gasteiger partial charge in [-0.1, -0.05) is 5.16 Å². The molecular weight excluding hydrogens is 326 g/mol. The minimum absolute atomic E-state index is 0.221. The highest BCUT2D eigenvalue weighted by Crippen LogP contribution is 2.36. The van der Waals surface area contributed by atoms with Crippen LogP contribution in [-0.4, -0.2) is 31.2 Å². The summed E-state index contributed by atoms with van der Waals surface area (Å²) in [5, 5.41) is 7.04. The Balaban J connectivity index is 1.60. The second kappa shape index (κ2) is 6.23. The van der Waals surface area contributed by atoms with Crippen LogP contribution in [0.4, 0.5) is 11.7 Å². The largest absolute Gasteiger partial charge is 0.497 e. The van der Waals surface area contributed by atoms with Crippen LogP contribution in [0.25, 0.3) is 11.4 Å². The summed E-state index contributed by atoms with van der Waals surface area (Å²) < 4.78 is 26.5. The Bertz CT molecular complexity index is 909. The molecule has 0 aliphatic carbocycles. The minimum Gasteiger partial charge on any atom is -0.497 e. The van der Waals surface area contributed by atoms with Crippen molar-refractivity contribution in [3.8, 4) is 34.4 Å². The first-order valence-corrected chi connectivity index (χ1v) is 7.49. The third-order valence-electron chi connectivity index (χ3n) is 3.70. The Hall–Kier alpha value is -3.42. The smallest absolute Gasteiger partial charge is 0.326 e. The van der Waals surface area contributed by atoms with Crippen molar-refractivity contribution in [1.82, 2.24) is 10.1 Å². The maximum absolute atomic E-state index is 5.35. The van der Waals surface area contributed by atoms with Crippen LogP contribution < -0.4 is 24.3 Å². The summed E-state index contributed by atoms with van der Waals surface area (Å²) in [5.41, 5.74) is 1.42. The van der Waals surface area contributed by atoms with Crippen molar-refractivity contribution in [2.45, 2.75) is 0 Å². The number of aromatic nitrogens is 2. The number of hydrogen-bond acceptors (Lipinski definition) is 8. The third kappa shape index (κ3) is 2.89. The molecule has 0 bridgehead atoms. The lowest BCUT2D eigenvalue weighted by molar-refractivity contribution is 0.174. The number of benzene rings is 2. The molecule has 0 atom stereocenters. The SMILES string of the molecule is COc1ccc(OC)c(-c2noc(Nc3ccc4c(c3)OCO4)n2)c1. The summed E-state index contributed by atoms with van der Waals surface area (Å²) in [7, 11) is 3.17. The fraction of sp³-hybridized carbons (Fsp3) is 0.176. The van der Waals surface area contributed by atoms with Crippen LogP contribution in [0.15, 0.2) is 40.9 Å². The molecule has 25 heavy (non-hydrogen) atoms. The Labute approximate surface area is 143 Å². The molecular formula is C17H15N3O5. The average Bonchev–Trinajstić information content (AvgIpc) is 3.30. The number of methoxy groups -OCH3 is 2. The molecule has 1 aromatic heterocycles. The lowest BCUT2D eigenvalue weighted by atomic mass is 10.2. The van der Waals surface area contributed by atoms with Crippen molar-refractivity contribution in [3.63, 3.8) is 0 Å². The van der Waals surface area contributed by atoms with E-state index in [1.807, 2.05) is 12.1 Å². The average molecular weight is 341 g/mol. The van der Waals surface area contributed by atoms with Gasteiger partial charge in [0.15, 0.2) is 11.5 Å². The summed E-state index contributed by atoms with van der Waals surface area (Å²) in [4.78, 5) is 4.36. The van der Waals surface area contributed by atoms with Gasteiger partial charge in [0, 0.05) is 11.8 Å². The second-order valence-corrected chi connectivity index (χ2v) is 5.18. The van der Waals surface area contributed by atoms with Crippen LogP contribution in [0.2, 0.25) is 0 Å². The van der Waals surface area contributed by atoms with Gasteiger partial charge in [-0.05, 0) is 30.3 Å². The molecule has 128 valence electrons.